The van der Waals surface area contributed by atoms with Crippen LogP contribution in [0.1, 0.15) is 43.6 Å². The number of anilines is 2. The van der Waals surface area contributed by atoms with Gasteiger partial charge < -0.3 is 14.8 Å². The van der Waals surface area contributed by atoms with Gasteiger partial charge in [0.05, 0.1) is 0 Å². The maximum atomic E-state index is 13.5. The van der Waals surface area contributed by atoms with Crippen molar-refractivity contribution in [1.29, 1.82) is 0 Å². The fraction of sp³-hybridized carbons (Fsp3) is 0.407. The number of nitrogens with zero attached hydrogens (tertiary/aromatic N) is 3. The standard InChI is InChI=1S/C27H31FN4O2/c28-20-9-11-21(12-10-20)32-24-8-4-3-7-22(24)23-19-30(18-14-25(23)32)16-5-1-2-6-17-31-26(33)13-15-29-27(31)34/h3-4,7-13,15,23,25H,1-2,5-6,14,16-19H2,(H,29,34)/t23-,25+/m0/s1. The maximum absolute atomic E-state index is 13.5. The molecule has 0 unspecified atom stereocenters. The third-order valence-corrected chi connectivity index (χ3v) is 7.24. The number of unbranched alkanes of at least 4 members (excludes halogenated alkanes) is 3. The average Bonchev–Trinajstić information content (AvgIpc) is 3.17. The fourth-order valence-electron chi connectivity index (χ4n) is 5.58. The number of hydrogen-bond donors (Lipinski definition) is 1. The molecule has 2 aliphatic heterocycles. The number of hydrogen-bond acceptors (Lipinski definition) is 4. The van der Waals surface area contributed by atoms with Crippen molar-refractivity contribution in [2.24, 2.45) is 0 Å². The number of para-hydroxylation sites is 1. The number of benzene rings is 2. The van der Waals surface area contributed by atoms with Crippen LogP contribution in [0.15, 0.2) is 70.4 Å². The van der Waals surface area contributed by atoms with Crippen LogP contribution in [0.5, 0.6) is 0 Å². The van der Waals surface area contributed by atoms with Gasteiger partial charge in [0.15, 0.2) is 0 Å². The highest BCUT2D eigenvalue weighted by atomic mass is 19.1. The first-order valence-electron chi connectivity index (χ1n) is 12.3. The minimum atomic E-state index is -0.332. The van der Waals surface area contributed by atoms with Crippen molar-refractivity contribution in [3.05, 3.63) is 93.0 Å². The molecule has 6 nitrogen and oxygen atoms in total. The fourth-order valence-corrected chi connectivity index (χ4v) is 5.58. The molecule has 0 bridgehead atoms. The number of fused-ring (bicyclic) bond motifs is 3. The molecule has 0 saturated carbocycles. The summed E-state index contributed by atoms with van der Waals surface area (Å²) in [7, 11) is 0. The summed E-state index contributed by atoms with van der Waals surface area (Å²) in [6.45, 7) is 3.63. The summed E-state index contributed by atoms with van der Waals surface area (Å²) in [5.41, 5.74) is 3.13. The van der Waals surface area contributed by atoms with Crippen LogP contribution in [0.3, 0.4) is 0 Å². The summed E-state index contributed by atoms with van der Waals surface area (Å²) in [5.74, 6) is 0.247. The molecule has 0 amide bonds. The number of piperidine rings is 1. The summed E-state index contributed by atoms with van der Waals surface area (Å²) in [5, 5.41) is 0. The lowest BCUT2D eigenvalue weighted by Gasteiger charge is -2.39. The average molecular weight is 463 g/mol. The normalized spacial score (nSPS) is 19.7. The number of nitrogens with one attached hydrogen (secondary N) is 1. The van der Waals surface area contributed by atoms with Gasteiger partial charge >= 0.3 is 5.69 Å². The van der Waals surface area contributed by atoms with Gasteiger partial charge in [-0.25, -0.2) is 9.18 Å². The van der Waals surface area contributed by atoms with E-state index < -0.39 is 0 Å². The van der Waals surface area contributed by atoms with Gasteiger partial charge in [-0.1, -0.05) is 31.0 Å². The highest BCUT2D eigenvalue weighted by Gasteiger charge is 2.42. The van der Waals surface area contributed by atoms with E-state index in [0.717, 1.165) is 57.4 Å². The zero-order chi connectivity index (χ0) is 23.5. The molecule has 34 heavy (non-hydrogen) atoms. The number of halogens is 1. The second kappa shape index (κ2) is 9.97. The van der Waals surface area contributed by atoms with E-state index >= 15 is 0 Å². The van der Waals surface area contributed by atoms with Crippen LogP contribution in [-0.2, 0) is 6.54 Å². The molecule has 178 valence electrons. The molecular weight excluding hydrogens is 431 g/mol. The molecule has 2 aliphatic rings. The van der Waals surface area contributed by atoms with E-state index in [1.165, 1.54) is 28.1 Å². The van der Waals surface area contributed by atoms with Crippen LogP contribution in [-0.4, -0.2) is 40.1 Å². The Kier molecular flexibility index (Phi) is 6.63. The Morgan fingerprint density at radius 1 is 0.912 bits per heavy atom. The van der Waals surface area contributed by atoms with E-state index in [1.54, 1.807) is 12.1 Å². The second-order valence-electron chi connectivity index (χ2n) is 9.36. The smallest absolute Gasteiger partial charge is 0.328 e. The monoisotopic (exact) mass is 462 g/mol. The van der Waals surface area contributed by atoms with E-state index in [9.17, 15) is 14.0 Å². The summed E-state index contributed by atoms with van der Waals surface area (Å²) in [6, 6.07) is 17.3. The van der Waals surface area contributed by atoms with Crippen molar-refractivity contribution in [3.8, 4) is 0 Å². The number of aromatic amines is 1. The third-order valence-electron chi connectivity index (χ3n) is 7.24. The van der Waals surface area contributed by atoms with E-state index in [-0.39, 0.29) is 17.1 Å². The van der Waals surface area contributed by atoms with E-state index in [4.69, 9.17) is 0 Å². The first-order valence-corrected chi connectivity index (χ1v) is 12.3. The summed E-state index contributed by atoms with van der Waals surface area (Å²) in [4.78, 5) is 31.1. The summed E-state index contributed by atoms with van der Waals surface area (Å²) in [6.07, 6.45) is 6.51. The Labute approximate surface area is 198 Å². The maximum Gasteiger partial charge on any atom is 0.328 e. The minimum Gasteiger partial charge on any atom is -0.337 e. The third kappa shape index (κ3) is 4.57. The van der Waals surface area contributed by atoms with E-state index in [0.29, 0.717) is 18.5 Å². The molecular formula is C27H31FN4O2. The highest BCUT2D eigenvalue weighted by Crippen LogP contribution is 2.48. The van der Waals surface area contributed by atoms with Crippen LogP contribution in [0.2, 0.25) is 0 Å². The van der Waals surface area contributed by atoms with Crippen LogP contribution in [0, 0.1) is 5.82 Å². The highest BCUT2D eigenvalue weighted by molar-refractivity contribution is 5.73. The molecule has 1 saturated heterocycles. The predicted octanol–water partition coefficient (Wildman–Crippen LogP) is 4.25. The largest absolute Gasteiger partial charge is 0.337 e. The van der Waals surface area contributed by atoms with Crippen molar-refractivity contribution in [2.75, 3.05) is 24.5 Å². The number of likely N-dealkylation sites (tertiary alicyclic amines) is 1. The lowest BCUT2D eigenvalue weighted by atomic mass is 9.89. The topological polar surface area (TPSA) is 61.3 Å². The molecule has 7 heteroatoms. The van der Waals surface area contributed by atoms with Crippen molar-refractivity contribution >= 4 is 11.4 Å². The SMILES string of the molecule is O=c1cc[nH]c(=O)n1CCCCCCN1CC[C@@H]2[C@@H](C1)c1ccccc1N2c1ccc(F)cc1. The van der Waals surface area contributed by atoms with Gasteiger partial charge in [0.25, 0.3) is 5.56 Å². The number of rotatable bonds is 8. The van der Waals surface area contributed by atoms with Crippen molar-refractivity contribution in [2.45, 2.75) is 50.6 Å². The summed E-state index contributed by atoms with van der Waals surface area (Å²) < 4.78 is 14.8. The quantitative estimate of drug-likeness (QED) is 0.509. The minimum absolute atomic E-state index is 0.203. The molecule has 0 radical (unpaired) electrons. The Hall–Kier alpha value is -3.19. The lowest BCUT2D eigenvalue weighted by Crippen LogP contribution is -2.45. The van der Waals surface area contributed by atoms with Gasteiger partial charge in [0.2, 0.25) is 0 Å². The van der Waals surface area contributed by atoms with E-state index in [2.05, 4.69) is 39.0 Å². The molecule has 1 N–H and O–H groups in total. The van der Waals surface area contributed by atoms with Crippen molar-refractivity contribution < 1.29 is 4.39 Å². The van der Waals surface area contributed by atoms with Gasteiger partial charge in [-0.2, -0.15) is 0 Å². The molecule has 3 aromatic rings. The molecule has 5 rings (SSSR count). The second-order valence-corrected chi connectivity index (χ2v) is 9.36. The van der Waals surface area contributed by atoms with Crippen molar-refractivity contribution in [1.82, 2.24) is 14.5 Å². The van der Waals surface area contributed by atoms with Crippen LogP contribution in [0.4, 0.5) is 15.8 Å². The number of H-pyrrole nitrogens is 1. The van der Waals surface area contributed by atoms with Gasteiger partial charge in [-0.15, -0.1) is 0 Å². The number of aromatic nitrogens is 2. The zero-order valence-electron chi connectivity index (χ0n) is 19.3. The van der Waals surface area contributed by atoms with Crippen LogP contribution < -0.4 is 16.1 Å². The zero-order valence-corrected chi connectivity index (χ0v) is 19.3. The van der Waals surface area contributed by atoms with Gasteiger partial charge in [0.1, 0.15) is 5.82 Å². The molecule has 2 atom stereocenters. The summed E-state index contributed by atoms with van der Waals surface area (Å²) >= 11 is 0. The Morgan fingerprint density at radius 3 is 2.47 bits per heavy atom. The molecule has 3 heterocycles. The molecule has 2 aromatic carbocycles. The lowest BCUT2D eigenvalue weighted by molar-refractivity contribution is 0.193. The molecule has 1 aromatic heterocycles. The molecule has 1 fully saturated rings. The Morgan fingerprint density at radius 2 is 1.68 bits per heavy atom. The van der Waals surface area contributed by atoms with Crippen LogP contribution in [0.25, 0.3) is 0 Å². The molecule has 0 spiro atoms. The Bertz CT molecular complexity index is 1210. The van der Waals surface area contributed by atoms with Gasteiger partial charge in [0, 0.05) is 55.2 Å². The van der Waals surface area contributed by atoms with Crippen LogP contribution >= 0.6 is 0 Å². The first kappa shape index (κ1) is 22.6. The van der Waals surface area contributed by atoms with Gasteiger partial charge in [-0.3, -0.25) is 9.36 Å². The van der Waals surface area contributed by atoms with Gasteiger partial charge in [-0.05, 0) is 61.7 Å². The van der Waals surface area contributed by atoms with Crippen molar-refractivity contribution in [3.63, 3.8) is 0 Å². The predicted molar refractivity (Wildman–Crippen MR) is 132 cm³/mol. The van der Waals surface area contributed by atoms with E-state index in [1.807, 2.05) is 12.1 Å². The Balaban J connectivity index is 1.15. The molecule has 0 aliphatic carbocycles. The first-order chi connectivity index (χ1) is 16.6.